The highest BCUT2D eigenvalue weighted by molar-refractivity contribution is 7.66. The molecule has 0 aliphatic rings. The Labute approximate surface area is 82.2 Å². The number of rotatable bonds is 4. The van der Waals surface area contributed by atoms with Gasteiger partial charge in [0.05, 0.1) is 0 Å². The van der Waals surface area contributed by atoms with Crippen LogP contribution in [0.2, 0.25) is 0 Å². The van der Waals surface area contributed by atoms with E-state index < -0.39 is 23.5 Å². The predicted molar refractivity (Wildman–Crippen MR) is 43.3 cm³/mol. The zero-order valence-electron chi connectivity index (χ0n) is 6.62. The average Bonchev–Trinajstić information content (AvgIpc) is 1.43. The fraction of sp³-hybridized carbons (Fsp3) is 0. The van der Waals surface area contributed by atoms with E-state index in [1.54, 1.807) is 0 Å². The van der Waals surface area contributed by atoms with Gasteiger partial charge in [-0.15, -0.1) is 0 Å². The van der Waals surface area contributed by atoms with Gasteiger partial charge in [0.25, 0.3) is 0 Å². The van der Waals surface area contributed by atoms with E-state index in [4.69, 9.17) is 24.5 Å². The monoisotopic (exact) mass is 294 g/mol. The van der Waals surface area contributed by atoms with Crippen molar-refractivity contribution >= 4 is 23.5 Å². The van der Waals surface area contributed by atoms with Gasteiger partial charge in [-0.05, 0) is 0 Å². The highest BCUT2D eigenvalue weighted by Gasteiger charge is 2.38. The van der Waals surface area contributed by atoms with E-state index >= 15 is 0 Å². The molecule has 0 aliphatic heterocycles. The summed E-state index contributed by atoms with van der Waals surface area (Å²) in [6, 6.07) is 0. The normalized spacial score (nSPS) is 12.6. The fourth-order valence-electron chi connectivity index (χ4n) is 0.284. The molecule has 12 nitrogen and oxygen atoms in total. The van der Waals surface area contributed by atoms with Gasteiger partial charge in [0.2, 0.25) is 0 Å². The van der Waals surface area contributed by atoms with Crippen molar-refractivity contribution in [3.63, 3.8) is 0 Å². The van der Waals surface area contributed by atoms with Crippen LogP contribution >= 0.6 is 23.5 Å². The summed E-state index contributed by atoms with van der Waals surface area (Å²) in [7, 11) is -16.2. The molecule has 0 rings (SSSR count). The van der Waals surface area contributed by atoms with E-state index in [-0.39, 0.29) is 11.0 Å². The van der Waals surface area contributed by atoms with Crippen molar-refractivity contribution < 1.29 is 57.7 Å². The first-order chi connectivity index (χ1) is 5.41. The largest absolute Gasteiger partial charge is 0.490 e. The van der Waals surface area contributed by atoms with Gasteiger partial charge in [-0.2, -0.15) is 8.62 Å². The maximum absolute atomic E-state index is 10.4. The van der Waals surface area contributed by atoms with Crippen LogP contribution in [0.15, 0.2) is 0 Å². The third kappa shape index (κ3) is 14.3. The standard InChI is InChI=1S/H5O10P3.2H2O/c1-11(2,3)9-13(7,8)10-12(4,5)6;;/h(H,7,8)(H2,1,2,3)(H2,4,5,6);2*1H2. The van der Waals surface area contributed by atoms with E-state index in [0.717, 1.165) is 0 Å². The van der Waals surface area contributed by atoms with Crippen molar-refractivity contribution in [3.8, 4) is 0 Å². The summed E-state index contributed by atoms with van der Waals surface area (Å²) in [6.45, 7) is 0. The molecule has 0 atom stereocenters. The number of phosphoric acid groups is 3. The lowest BCUT2D eigenvalue weighted by atomic mass is 15.7. The third-order valence-corrected chi connectivity index (χ3v) is 3.77. The molecular formula is H9O12P3. The number of hydrogen-bond donors (Lipinski definition) is 5. The smallest absolute Gasteiger partial charge is 0.412 e. The lowest BCUT2D eigenvalue weighted by molar-refractivity contribution is 0.204. The van der Waals surface area contributed by atoms with Crippen LogP contribution in [0.5, 0.6) is 0 Å². The maximum Gasteiger partial charge on any atom is 0.490 e. The van der Waals surface area contributed by atoms with Crippen molar-refractivity contribution in [2.45, 2.75) is 0 Å². The third-order valence-electron chi connectivity index (χ3n) is 0.419. The Morgan fingerprint density at radius 3 is 1.00 bits per heavy atom. The highest BCUT2D eigenvalue weighted by Crippen LogP contribution is 2.64. The van der Waals surface area contributed by atoms with Crippen LogP contribution in [-0.4, -0.2) is 35.4 Å². The lowest BCUT2D eigenvalue weighted by Crippen LogP contribution is -1.91. The van der Waals surface area contributed by atoms with Crippen LogP contribution in [0, 0.1) is 0 Å². The van der Waals surface area contributed by atoms with E-state index in [2.05, 4.69) is 8.62 Å². The number of hydrogen-bond acceptors (Lipinski definition) is 5. The van der Waals surface area contributed by atoms with Crippen molar-refractivity contribution in [1.29, 1.82) is 0 Å². The molecule has 0 aliphatic carbocycles. The molecule has 0 amide bonds. The average molecular weight is 294 g/mol. The minimum atomic E-state index is -5.46. The topological polar surface area (TPSA) is 234 Å². The molecule has 15 heavy (non-hydrogen) atoms. The van der Waals surface area contributed by atoms with Crippen molar-refractivity contribution in [2.75, 3.05) is 0 Å². The van der Waals surface area contributed by atoms with Gasteiger partial charge in [0, 0.05) is 0 Å². The SMILES string of the molecule is O.O.O=P(O)(O)OP(=O)(O)OP(=O)(O)O. The molecular weight excluding hydrogens is 285 g/mol. The second-order valence-corrected chi connectivity index (χ2v) is 5.82. The molecule has 9 N–H and O–H groups in total. The molecule has 0 fully saturated rings. The van der Waals surface area contributed by atoms with Crippen LogP contribution in [-0.2, 0) is 22.3 Å². The quantitative estimate of drug-likeness (QED) is 0.346. The van der Waals surface area contributed by atoms with Crippen LogP contribution in [0.4, 0.5) is 0 Å². The Morgan fingerprint density at radius 2 is 0.867 bits per heavy atom. The van der Waals surface area contributed by atoms with E-state index in [0.29, 0.717) is 0 Å². The van der Waals surface area contributed by atoms with Gasteiger partial charge >= 0.3 is 23.5 Å². The van der Waals surface area contributed by atoms with E-state index in [1.165, 1.54) is 0 Å². The van der Waals surface area contributed by atoms with Crippen molar-refractivity contribution in [1.82, 2.24) is 0 Å². The van der Waals surface area contributed by atoms with Gasteiger partial charge in [0.1, 0.15) is 0 Å². The van der Waals surface area contributed by atoms with Crippen LogP contribution in [0.1, 0.15) is 0 Å². The molecule has 96 valence electrons. The first-order valence-corrected chi connectivity index (χ1v) is 6.83. The lowest BCUT2D eigenvalue weighted by Gasteiger charge is -2.11. The van der Waals surface area contributed by atoms with Crippen molar-refractivity contribution in [2.24, 2.45) is 0 Å². The summed E-state index contributed by atoms with van der Waals surface area (Å²) in [4.78, 5) is 40.2. The Hall–Kier alpha value is 0.330. The summed E-state index contributed by atoms with van der Waals surface area (Å²) in [6.07, 6.45) is 0. The molecule has 0 spiro atoms. The van der Waals surface area contributed by atoms with Gasteiger partial charge in [-0.3, -0.25) is 0 Å². The minimum Gasteiger partial charge on any atom is -0.412 e. The molecule has 0 heterocycles. The minimum absolute atomic E-state index is 0. The van der Waals surface area contributed by atoms with Gasteiger partial charge in [-0.25, -0.2) is 13.7 Å². The predicted octanol–water partition coefficient (Wildman–Crippen LogP) is -2.34. The molecule has 0 radical (unpaired) electrons. The molecule has 0 saturated carbocycles. The first kappa shape index (κ1) is 20.7. The fourth-order valence-corrected chi connectivity index (χ4v) is 2.82. The molecule has 0 aromatic heterocycles. The second kappa shape index (κ2) is 6.16. The van der Waals surface area contributed by atoms with E-state index in [9.17, 15) is 13.7 Å². The summed E-state index contributed by atoms with van der Waals surface area (Å²) in [5, 5.41) is 0. The summed E-state index contributed by atoms with van der Waals surface area (Å²) in [5.41, 5.74) is 0. The second-order valence-electron chi connectivity index (χ2n) is 1.61. The molecule has 15 heteroatoms. The summed E-state index contributed by atoms with van der Waals surface area (Å²) in [5.74, 6) is 0. The maximum atomic E-state index is 10.4. The molecule has 0 aromatic carbocycles. The molecule has 0 saturated heterocycles. The zero-order chi connectivity index (χ0) is 10.9. The Kier molecular flexibility index (Phi) is 8.50. The molecule has 0 unspecified atom stereocenters. The Bertz CT molecular complexity index is 273. The van der Waals surface area contributed by atoms with Gasteiger partial charge in [0.15, 0.2) is 0 Å². The Morgan fingerprint density at radius 1 is 0.667 bits per heavy atom. The highest BCUT2D eigenvalue weighted by atomic mass is 31.3. The summed E-state index contributed by atoms with van der Waals surface area (Å²) >= 11 is 0. The van der Waals surface area contributed by atoms with Crippen LogP contribution < -0.4 is 0 Å². The van der Waals surface area contributed by atoms with E-state index in [1.807, 2.05) is 0 Å². The Balaban J connectivity index is -0.000000720. The first-order valence-electron chi connectivity index (χ1n) is 2.28. The van der Waals surface area contributed by atoms with Gasteiger partial charge < -0.3 is 35.4 Å². The van der Waals surface area contributed by atoms with Crippen LogP contribution in [0.25, 0.3) is 0 Å². The zero-order valence-corrected chi connectivity index (χ0v) is 9.30. The summed E-state index contributed by atoms with van der Waals surface area (Å²) < 4.78 is 36.4. The van der Waals surface area contributed by atoms with Crippen LogP contribution in [0.3, 0.4) is 0 Å². The molecule has 0 aromatic rings. The van der Waals surface area contributed by atoms with Crippen molar-refractivity contribution in [3.05, 3.63) is 0 Å². The van der Waals surface area contributed by atoms with Gasteiger partial charge in [-0.1, -0.05) is 0 Å². The molecule has 0 bridgehead atoms.